The number of rotatable bonds is 4. The van der Waals surface area contributed by atoms with Gasteiger partial charge in [0.2, 0.25) is 0 Å². The number of anilines is 1. The number of halogens is 2. The molecule has 2 nitrogen and oxygen atoms in total. The first kappa shape index (κ1) is 14.4. The van der Waals surface area contributed by atoms with Gasteiger partial charge in [0.15, 0.2) is 0 Å². The number of likely N-dealkylation sites (N-methyl/N-ethyl adjacent to an activating group) is 1. The second kappa shape index (κ2) is 6.42. The van der Waals surface area contributed by atoms with Crippen LogP contribution in [0.25, 0.3) is 0 Å². The summed E-state index contributed by atoms with van der Waals surface area (Å²) in [5.41, 5.74) is 8.10. The van der Waals surface area contributed by atoms with Gasteiger partial charge in [0.25, 0.3) is 0 Å². The molecule has 0 amide bonds. The fourth-order valence-electron chi connectivity index (χ4n) is 2.11. The van der Waals surface area contributed by atoms with Gasteiger partial charge in [-0.05, 0) is 35.9 Å². The quantitative estimate of drug-likeness (QED) is 0.903. The SMILES string of the molecule is CN(c1ccccc1)C(CN)c1cc(Br)ccc1Cl. The predicted octanol–water partition coefficient (Wildman–Crippen LogP) is 4.24. The lowest BCUT2D eigenvalue weighted by atomic mass is 10.0. The fraction of sp³-hybridized carbons (Fsp3) is 0.200. The maximum atomic E-state index is 6.30. The van der Waals surface area contributed by atoms with Gasteiger partial charge < -0.3 is 10.6 Å². The smallest absolute Gasteiger partial charge is 0.0676 e. The zero-order valence-corrected chi connectivity index (χ0v) is 13.0. The summed E-state index contributed by atoms with van der Waals surface area (Å²) in [7, 11) is 2.03. The number of hydrogen-bond acceptors (Lipinski definition) is 2. The molecule has 0 fully saturated rings. The molecule has 0 aliphatic carbocycles. The molecule has 0 spiro atoms. The predicted molar refractivity (Wildman–Crippen MR) is 85.8 cm³/mol. The Morgan fingerprint density at radius 3 is 2.53 bits per heavy atom. The molecule has 1 atom stereocenters. The van der Waals surface area contributed by atoms with E-state index in [1.807, 2.05) is 43.4 Å². The molecule has 19 heavy (non-hydrogen) atoms. The number of benzene rings is 2. The number of nitrogens with two attached hydrogens (primary N) is 1. The van der Waals surface area contributed by atoms with Crippen molar-refractivity contribution in [1.29, 1.82) is 0 Å². The standard InChI is InChI=1S/C15H16BrClN2/c1-19(12-5-3-2-4-6-12)15(10-18)13-9-11(16)7-8-14(13)17/h2-9,15H,10,18H2,1H3. The van der Waals surface area contributed by atoms with Gasteiger partial charge in [-0.15, -0.1) is 0 Å². The van der Waals surface area contributed by atoms with Crippen LogP contribution < -0.4 is 10.6 Å². The Bertz CT molecular complexity index is 545. The van der Waals surface area contributed by atoms with Crippen molar-refractivity contribution >= 4 is 33.2 Å². The minimum Gasteiger partial charge on any atom is -0.366 e. The molecule has 2 rings (SSSR count). The molecule has 4 heteroatoms. The molecule has 0 radical (unpaired) electrons. The highest BCUT2D eigenvalue weighted by atomic mass is 79.9. The van der Waals surface area contributed by atoms with Crippen LogP contribution in [0, 0.1) is 0 Å². The molecule has 0 aliphatic heterocycles. The molecule has 0 bridgehead atoms. The molecule has 2 aromatic rings. The molecule has 0 saturated heterocycles. The molecule has 2 aromatic carbocycles. The van der Waals surface area contributed by atoms with Crippen molar-refractivity contribution in [3.63, 3.8) is 0 Å². The maximum absolute atomic E-state index is 6.30. The molecule has 0 heterocycles. The van der Waals surface area contributed by atoms with Crippen molar-refractivity contribution in [2.24, 2.45) is 5.73 Å². The van der Waals surface area contributed by atoms with Crippen LogP contribution in [0.15, 0.2) is 53.0 Å². The van der Waals surface area contributed by atoms with Crippen molar-refractivity contribution in [3.05, 3.63) is 63.6 Å². The van der Waals surface area contributed by atoms with E-state index < -0.39 is 0 Å². The summed E-state index contributed by atoms with van der Waals surface area (Å²) in [6, 6.07) is 16.1. The van der Waals surface area contributed by atoms with E-state index in [1.54, 1.807) is 0 Å². The van der Waals surface area contributed by atoms with Gasteiger partial charge in [-0.3, -0.25) is 0 Å². The molecule has 0 aromatic heterocycles. The van der Waals surface area contributed by atoms with E-state index in [4.69, 9.17) is 17.3 Å². The van der Waals surface area contributed by atoms with Gasteiger partial charge in [-0.25, -0.2) is 0 Å². The van der Waals surface area contributed by atoms with Crippen LogP contribution in [0.2, 0.25) is 5.02 Å². The highest BCUT2D eigenvalue weighted by Gasteiger charge is 2.18. The highest BCUT2D eigenvalue weighted by molar-refractivity contribution is 9.10. The lowest BCUT2D eigenvalue weighted by molar-refractivity contribution is 0.680. The molecule has 1 unspecified atom stereocenters. The van der Waals surface area contributed by atoms with Crippen LogP contribution in [0.5, 0.6) is 0 Å². The van der Waals surface area contributed by atoms with E-state index in [1.165, 1.54) is 0 Å². The Kier molecular flexibility index (Phi) is 4.86. The molecule has 100 valence electrons. The first-order chi connectivity index (χ1) is 9.13. The minimum atomic E-state index is 0.0485. The van der Waals surface area contributed by atoms with Crippen molar-refractivity contribution in [1.82, 2.24) is 0 Å². The minimum absolute atomic E-state index is 0.0485. The van der Waals surface area contributed by atoms with Gasteiger partial charge in [0.05, 0.1) is 6.04 Å². The summed E-state index contributed by atoms with van der Waals surface area (Å²) in [4.78, 5) is 2.15. The second-order valence-electron chi connectivity index (χ2n) is 4.36. The summed E-state index contributed by atoms with van der Waals surface area (Å²) in [5.74, 6) is 0. The first-order valence-electron chi connectivity index (χ1n) is 6.06. The number of hydrogen-bond donors (Lipinski definition) is 1. The molecule has 0 aliphatic rings. The highest BCUT2D eigenvalue weighted by Crippen LogP contribution is 2.31. The number of para-hydroxylation sites is 1. The van der Waals surface area contributed by atoms with Crippen molar-refractivity contribution < 1.29 is 0 Å². The summed E-state index contributed by atoms with van der Waals surface area (Å²) < 4.78 is 1.01. The monoisotopic (exact) mass is 338 g/mol. The average Bonchev–Trinajstić information content (AvgIpc) is 2.44. The average molecular weight is 340 g/mol. The molecular weight excluding hydrogens is 324 g/mol. The Labute approximate surface area is 127 Å². The van der Waals surface area contributed by atoms with Crippen LogP contribution in [-0.2, 0) is 0 Å². The van der Waals surface area contributed by atoms with Gasteiger partial charge in [-0.1, -0.05) is 45.7 Å². The van der Waals surface area contributed by atoms with E-state index >= 15 is 0 Å². The second-order valence-corrected chi connectivity index (χ2v) is 5.69. The molecule has 2 N–H and O–H groups in total. The van der Waals surface area contributed by atoms with E-state index in [0.29, 0.717) is 6.54 Å². The summed E-state index contributed by atoms with van der Waals surface area (Å²) in [6.45, 7) is 0.502. The lowest BCUT2D eigenvalue weighted by Gasteiger charge is -2.30. The van der Waals surface area contributed by atoms with E-state index in [0.717, 1.165) is 20.7 Å². The van der Waals surface area contributed by atoms with E-state index in [9.17, 15) is 0 Å². The lowest BCUT2D eigenvalue weighted by Crippen LogP contribution is -2.30. The third-order valence-electron chi connectivity index (χ3n) is 3.17. The Balaban J connectivity index is 2.37. The van der Waals surface area contributed by atoms with E-state index in [2.05, 4.69) is 33.0 Å². The van der Waals surface area contributed by atoms with Gasteiger partial charge in [-0.2, -0.15) is 0 Å². The fourth-order valence-corrected chi connectivity index (χ4v) is 2.73. The topological polar surface area (TPSA) is 29.3 Å². The van der Waals surface area contributed by atoms with E-state index in [-0.39, 0.29) is 6.04 Å². The molecule has 0 saturated carbocycles. The summed E-state index contributed by atoms with van der Waals surface area (Å²) in [6.07, 6.45) is 0. The van der Waals surface area contributed by atoms with Crippen LogP contribution in [0.3, 0.4) is 0 Å². The summed E-state index contributed by atoms with van der Waals surface area (Å²) >= 11 is 9.78. The zero-order valence-electron chi connectivity index (χ0n) is 10.7. The van der Waals surface area contributed by atoms with Gasteiger partial charge in [0, 0.05) is 28.8 Å². The summed E-state index contributed by atoms with van der Waals surface area (Å²) in [5, 5.41) is 0.737. The zero-order chi connectivity index (χ0) is 13.8. The number of nitrogens with zero attached hydrogens (tertiary/aromatic N) is 1. The molecular formula is C15H16BrClN2. The van der Waals surface area contributed by atoms with Crippen molar-refractivity contribution in [2.75, 3.05) is 18.5 Å². The third-order valence-corrected chi connectivity index (χ3v) is 4.01. The normalized spacial score (nSPS) is 12.2. The van der Waals surface area contributed by atoms with Crippen LogP contribution in [-0.4, -0.2) is 13.6 Å². The first-order valence-corrected chi connectivity index (χ1v) is 7.23. The largest absolute Gasteiger partial charge is 0.366 e. The Hall–Kier alpha value is -1.03. The van der Waals surface area contributed by atoms with Gasteiger partial charge in [0.1, 0.15) is 0 Å². The van der Waals surface area contributed by atoms with Crippen molar-refractivity contribution in [2.45, 2.75) is 6.04 Å². The van der Waals surface area contributed by atoms with Crippen LogP contribution >= 0.6 is 27.5 Å². The Morgan fingerprint density at radius 1 is 1.21 bits per heavy atom. The Morgan fingerprint density at radius 2 is 1.89 bits per heavy atom. The van der Waals surface area contributed by atoms with Crippen LogP contribution in [0.4, 0.5) is 5.69 Å². The van der Waals surface area contributed by atoms with Crippen LogP contribution in [0.1, 0.15) is 11.6 Å². The van der Waals surface area contributed by atoms with Crippen molar-refractivity contribution in [3.8, 4) is 0 Å². The third kappa shape index (κ3) is 3.30. The maximum Gasteiger partial charge on any atom is 0.0676 e. The van der Waals surface area contributed by atoms with Gasteiger partial charge >= 0.3 is 0 Å².